The van der Waals surface area contributed by atoms with Gasteiger partial charge in [-0.2, -0.15) is 0 Å². The number of carbonyl (C=O) groups excluding carboxylic acids is 1. The van der Waals surface area contributed by atoms with Gasteiger partial charge in [-0.3, -0.25) is 4.79 Å². The highest BCUT2D eigenvalue weighted by atomic mass is 35.5. The molecule has 2 aromatic carbocycles. The summed E-state index contributed by atoms with van der Waals surface area (Å²) in [5.41, 5.74) is -0.0245. The summed E-state index contributed by atoms with van der Waals surface area (Å²) < 4.78 is 38.3. The number of ether oxygens (including phenoxy) is 2. The van der Waals surface area contributed by atoms with Crippen molar-refractivity contribution in [2.45, 2.75) is 6.42 Å². The zero-order valence-corrected chi connectivity index (χ0v) is 13.3. The Kier molecular flexibility index (Phi) is 4.81. The predicted octanol–water partition coefficient (Wildman–Crippen LogP) is 4.68. The second kappa shape index (κ2) is 7.01. The third kappa shape index (κ3) is 3.41. The van der Waals surface area contributed by atoms with Gasteiger partial charge in [0.25, 0.3) is 0 Å². The third-order valence-electron chi connectivity index (χ3n) is 3.46. The lowest BCUT2D eigenvalue weighted by atomic mass is 10.1. The molecule has 1 aliphatic heterocycles. The van der Waals surface area contributed by atoms with Crippen LogP contribution in [-0.2, 0) is 0 Å². The molecule has 1 aliphatic rings. The highest BCUT2D eigenvalue weighted by molar-refractivity contribution is 6.32. The Morgan fingerprint density at radius 1 is 1.12 bits per heavy atom. The molecule has 3 rings (SSSR count). The van der Waals surface area contributed by atoms with Gasteiger partial charge in [-0.15, -0.1) is 0 Å². The highest BCUT2D eigenvalue weighted by Crippen LogP contribution is 2.38. The molecule has 24 heavy (non-hydrogen) atoms. The number of halogens is 3. The smallest absolute Gasteiger partial charge is 0.191 e. The molecule has 0 saturated carbocycles. The van der Waals surface area contributed by atoms with Crippen LogP contribution in [0.4, 0.5) is 8.78 Å². The molecular weight excluding hydrogens is 338 g/mol. The lowest BCUT2D eigenvalue weighted by Gasteiger charge is -2.10. The Balaban J connectivity index is 1.88. The van der Waals surface area contributed by atoms with Gasteiger partial charge in [-0.25, -0.2) is 8.78 Å². The maximum absolute atomic E-state index is 13.6. The Bertz CT molecular complexity index is 798. The molecular formula is C18H13ClF2O3. The number of fused-ring (bicyclic) bond motifs is 1. The highest BCUT2D eigenvalue weighted by Gasteiger charge is 2.16. The van der Waals surface area contributed by atoms with Gasteiger partial charge in [-0.1, -0.05) is 23.7 Å². The van der Waals surface area contributed by atoms with E-state index in [0.717, 1.165) is 24.6 Å². The summed E-state index contributed by atoms with van der Waals surface area (Å²) in [4.78, 5) is 12.0. The van der Waals surface area contributed by atoms with Gasteiger partial charge in [0.2, 0.25) is 0 Å². The topological polar surface area (TPSA) is 35.5 Å². The van der Waals surface area contributed by atoms with Crippen molar-refractivity contribution in [2.24, 2.45) is 0 Å². The summed E-state index contributed by atoms with van der Waals surface area (Å²) in [5, 5.41) is 0.346. The summed E-state index contributed by atoms with van der Waals surface area (Å²) >= 11 is 6.16. The molecule has 0 aliphatic carbocycles. The standard InChI is InChI=1S/C18H13ClF2O3/c19-12-9-11(10-16-18(12)24-8-2-7-23-16)5-6-15(22)17-13(20)3-1-4-14(17)21/h1,3-6,9-10H,2,7-8H2/b6-5+. The van der Waals surface area contributed by atoms with Crippen LogP contribution >= 0.6 is 11.6 Å². The SMILES string of the molecule is O=C(/C=C/c1cc(Cl)c2c(c1)OCCCO2)c1c(F)cccc1F. The van der Waals surface area contributed by atoms with Crippen LogP contribution in [0.2, 0.25) is 5.02 Å². The molecule has 0 aromatic heterocycles. The zero-order chi connectivity index (χ0) is 17.1. The fourth-order valence-corrected chi connectivity index (χ4v) is 2.61. The van der Waals surface area contributed by atoms with Gasteiger partial charge in [0.1, 0.15) is 11.6 Å². The van der Waals surface area contributed by atoms with Crippen molar-refractivity contribution < 1.29 is 23.0 Å². The van der Waals surface area contributed by atoms with Crippen LogP contribution in [0.25, 0.3) is 6.08 Å². The Hall–Kier alpha value is -2.40. The average molecular weight is 351 g/mol. The maximum Gasteiger partial charge on any atom is 0.191 e. The molecule has 0 radical (unpaired) electrons. The lowest BCUT2D eigenvalue weighted by molar-refractivity contribution is 0.104. The minimum absolute atomic E-state index is 0.346. The molecule has 0 fully saturated rings. The molecule has 0 atom stereocenters. The molecule has 6 heteroatoms. The molecule has 0 amide bonds. The summed E-state index contributed by atoms with van der Waals surface area (Å²) in [5.74, 6) is -1.64. The Labute approximate surface area is 142 Å². The number of hydrogen-bond donors (Lipinski definition) is 0. The first kappa shape index (κ1) is 16.5. The van der Waals surface area contributed by atoms with E-state index in [4.69, 9.17) is 21.1 Å². The minimum atomic E-state index is -0.902. The second-order valence-electron chi connectivity index (χ2n) is 5.17. The van der Waals surface area contributed by atoms with E-state index in [9.17, 15) is 13.6 Å². The number of hydrogen-bond acceptors (Lipinski definition) is 3. The van der Waals surface area contributed by atoms with Gasteiger partial charge >= 0.3 is 0 Å². The van der Waals surface area contributed by atoms with Crippen molar-refractivity contribution in [3.05, 3.63) is 64.2 Å². The average Bonchev–Trinajstić information content (AvgIpc) is 2.78. The largest absolute Gasteiger partial charge is 0.489 e. The number of benzene rings is 2. The number of carbonyl (C=O) groups is 1. The predicted molar refractivity (Wildman–Crippen MR) is 86.8 cm³/mol. The van der Waals surface area contributed by atoms with Crippen LogP contribution in [-0.4, -0.2) is 19.0 Å². The van der Waals surface area contributed by atoms with Gasteiger partial charge in [0.15, 0.2) is 17.3 Å². The molecule has 3 nitrogen and oxygen atoms in total. The molecule has 1 heterocycles. The van der Waals surface area contributed by atoms with Crippen LogP contribution in [0.5, 0.6) is 11.5 Å². The summed E-state index contributed by atoms with van der Waals surface area (Å²) in [6.45, 7) is 1.00. The molecule has 0 unspecified atom stereocenters. The molecule has 0 saturated heterocycles. The summed E-state index contributed by atoms with van der Waals surface area (Å²) in [6, 6.07) is 6.53. The van der Waals surface area contributed by atoms with Gasteiger partial charge in [-0.05, 0) is 35.9 Å². The Morgan fingerprint density at radius 2 is 1.83 bits per heavy atom. The molecule has 124 valence electrons. The minimum Gasteiger partial charge on any atom is -0.489 e. The van der Waals surface area contributed by atoms with Crippen LogP contribution in [0.3, 0.4) is 0 Å². The van der Waals surface area contributed by atoms with E-state index in [1.807, 2.05) is 0 Å². The van der Waals surface area contributed by atoms with Crippen molar-refractivity contribution in [1.29, 1.82) is 0 Å². The van der Waals surface area contributed by atoms with Crippen molar-refractivity contribution in [1.82, 2.24) is 0 Å². The van der Waals surface area contributed by atoms with E-state index in [1.165, 1.54) is 12.1 Å². The Morgan fingerprint density at radius 3 is 2.58 bits per heavy atom. The summed E-state index contributed by atoms with van der Waals surface area (Å²) in [6.07, 6.45) is 3.26. The van der Waals surface area contributed by atoms with E-state index in [2.05, 4.69) is 0 Å². The van der Waals surface area contributed by atoms with Crippen LogP contribution in [0, 0.1) is 11.6 Å². The van der Waals surface area contributed by atoms with E-state index in [0.29, 0.717) is 35.3 Å². The van der Waals surface area contributed by atoms with Crippen molar-refractivity contribution >= 4 is 23.5 Å². The number of rotatable bonds is 3. The van der Waals surface area contributed by atoms with Gasteiger partial charge in [0, 0.05) is 6.42 Å². The molecule has 2 aromatic rings. The molecule has 0 N–H and O–H groups in total. The monoisotopic (exact) mass is 350 g/mol. The second-order valence-corrected chi connectivity index (χ2v) is 5.58. The summed E-state index contributed by atoms with van der Waals surface area (Å²) in [7, 11) is 0. The third-order valence-corrected chi connectivity index (χ3v) is 3.74. The van der Waals surface area contributed by atoms with E-state index in [1.54, 1.807) is 12.1 Å². The van der Waals surface area contributed by atoms with E-state index in [-0.39, 0.29) is 0 Å². The van der Waals surface area contributed by atoms with Crippen LogP contribution in [0.15, 0.2) is 36.4 Å². The van der Waals surface area contributed by atoms with Gasteiger partial charge < -0.3 is 9.47 Å². The number of allylic oxidation sites excluding steroid dienone is 1. The fraction of sp³-hybridized carbons (Fsp3) is 0.167. The first-order chi connectivity index (χ1) is 11.6. The fourth-order valence-electron chi connectivity index (χ4n) is 2.34. The zero-order valence-electron chi connectivity index (χ0n) is 12.5. The first-order valence-electron chi connectivity index (χ1n) is 7.32. The molecule has 0 spiro atoms. The molecule has 0 bridgehead atoms. The van der Waals surface area contributed by atoms with Crippen LogP contribution < -0.4 is 9.47 Å². The van der Waals surface area contributed by atoms with E-state index >= 15 is 0 Å². The lowest BCUT2D eigenvalue weighted by Crippen LogP contribution is -2.02. The van der Waals surface area contributed by atoms with E-state index < -0.39 is 23.0 Å². The van der Waals surface area contributed by atoms with Crippen molar-refractivity contribution in [3.8, 4) is 11.5 Å². The number of ketones is 1. The van der Waals surface area contributed by atoms with Crippen molar-refractivity contribution in [3.63, 3.8) is 0 Å². The maximum atomic E-state index is 13.6. The van der Waals surface area contributed by atoms with Crippen LogP contribution in [0.1, 0.15) is 22.3 Å². The first-order valence-corrected chi connectivity index (χ1v) is 7.69. The normalized spacial score (nSPS) is 13.8. The van der Waals surface area contributed by atoms with Gasteiger partial charge in [0.05, 0.1) is 23.8 Å². The quantitative estimate of drug-likeness (QED) is 0.596. The van der Waals surface area contributed by atoms with Crippen molar-refractivity contribution in [2.75, 3.05) is 13.2 Å².